The fraction of sp³-hybridized carbons (Fsp3) is 0.167. The molecule has 0 saturated carbocycles. The van der Waals surface area contributed by atoms with Gasteiger partial charge in [0.15, 0.2) is 4.34 Å². The third-order valence-corrected chi connectivity index (χ3v) is 6.92. The van der Waals surface area contributed by atoms with E-state index in [1.165, 1.54) is 23.1 Å². The molecule has 0 fully saturated rings. The number of ether oxygens (including phenoxy) is 1. The first-order valence-corrected chi connectivity index (χ1v) is 12.0. The van der Waals surface area contributed by atoms with Gasteiger partial charge >= 0.3 is 0 Å². The first-order valence-electron chi connectivity index (χ1n) is 10.1. The predicted molar refractivity (Wildman–Crippen MR) is 134 cm³/mol. The van der Waals surface area contributed by atoms with Gasteiger partial charge in [-0.2, -0.15) is 0 Å². The van der Waals surface area contributed by atoms with E-state index >= 15 is 0 Å². The van der Waals surface area contributed by atoms with Gasteiger partial charge < -0.3 is 10.1 Å². The summed E-state index contributed by atoms with van der Waals surface area (Å²) in [5, 5.41) is 16.0. The summed E-state index contributed by atoms with van der Waals surface area (Å²) in [6.45, 7) is 3.93. The molecule has 0 spiro atoms. The number of anilines is 2. The Bertz CT molecular complexity index is 1340. The van der Waals surface area contributed by atoms with Crippen LogP contribution in [0.4, 0.5) is 10.8 Å². The van der Waals surface area contributed by atoms with Crippen molar-refractivity contribution in [2.45, 2.75) is 18.2 Å². The van der Waals surface area contributed by atoms with E-state index in [-0.39, 0.29) is 17.6 Å². The van der Waals surface area contributed by atoms with Crippen molar-refractivity contribution >= 4 is 56.5 Å². The molecule has 2 N–H and O–H groups in total. The molecule has 1 heterocycles. The number of carbonyl (C=O) groups is 2. The molecule has 3 aromatic carbocycles. The Morgan fingerprint density at radius 3 is 2.67 bits per heavy atom. The van der Waals surface area contributed by atoms with Crippen LogP contribution >= 0.6 is 23.1 Å². The number of nitrogens with one attached hydrogen (secondary N) is 2. The molecule has 2 amide bonds. The quantitative estimate of drug-likeness (QED) is 0.277. The summed E-state index contributed by atoms with van der Waals surface area (Å²) >= 11 is 2.48. The maximum absolute atomic E-state index is 12.9. The molecule has 0 atom stereocenters. The second-order valence-corrected chi connectivity index (χ2v) is 9.55. The van der Waals surface area contributed by atoms with E-state index < -0.39 is 0 Å². The molecule has 0 unspecified atom stereocenters. The minimum Gasteiger partial charge on any atom is -0.495 e. The first-order chi connectivity index (χ1) is 15.9. The number of amides is 2. The zero-order valence-corrected chi connectivity index (χ0v) is 20.0. The molecule has 7 nitrogen and oxygen atoms in total. The van der Waals surface area contributed by atoms with Gasteiger partial charge in [-0.3, -0.25) is 14.9 Å². The number of thioether (sulfide) groups is 1. The molecule has 0 aliphatic carbocycles. The molecule has 33 heavy (non-hydrogen) atoms. The lowest BCUT2D eigenvalue weighted by atomic mass is 10.0. The van der Waals surface area contributed by atoms with Crippen LogP contribution in [0.1, 0.15) is 21.5 Å². The van der Waals surface area contributed by atoms with E-state index in [1.807, 2.05) is 62.4 Å². The molecule has 0 bridgehead atoms. The molecule has 0 aliphatic rings. The number of carbonyl (C=O) groups excluding carboxylic acids is 2. The molecule has 0 saturated heterocycles. The monoisotopic (exact) mass is 478 g/mol. The Kier molecular flexibility index (Phi) is 6.90. The molecule has 0 radical (unpaired) electrons. The van der Waals surface area contributed by atoms with E-state index in [2.05, 4.69) is 20.8 Å². The van der Waals surface area contributed by atoms with Crippen molar-refractivity contribution in [1.29, 1.82) is 0 Å². The van der Waals surface area contributed by atoms with E-state index in [0.717, 1.165) is 27.6 Å². The zero-order chi connectivity index (χ0) is 23.4. The number of fused-ring (bicyclic) bond motifs is 1. The smallest absolute Gasteiger partial charge is 0.261 e. The minimum atomic E-state index is -0.335. The molecule has 9 heteroatoms. The number of nitrogens with zero attached hydrogens (tertiary/aromatic N) is 2. The van der Waals surface area contributed by atoms with Crippen LogP contribution in [-0.2, 0) is 4.79 Å². The third-order valence-electron chi connectivity index (χ3n) is 4.95. The summed E-state index contributed by atoms with van der Waals surface area (Å²) in [6, 6.07) is 17.2. The number of hydrogen-bond donors (Lipinski definition) is 2. The maximum atomic E-state index is 12.9. The second-order valence-electron chi connectivity index (χ2n) is 7.35. The normalized spacial score (nSPS) is 10.8. The number of methoxy groups -OCH3 is 1. The topological polar surface area (TPSA) is 93.2 Å². The number of hydrogen-bond acceptors (Lipinski definition) is 7. The molecular weight excluding hydrogens is 456 g/mol. The van der Waals surface area contributed by atoms with Crippen LogP contribution in [0.2, 0.25) is 0 Å². The highest BCUT2D eigenvalue weighted by molar-refractivity contribution is 8.01. The zero-order valence-electron chi connectivity index (χ0n) is 18.3. The van der Waals surface area contributed by atoms with Gasteiger partial charge in [0.1, 0.15) is 5.75 Å². The number of aromatic nitrogens is 2. The van der Waals surface area contributed by atoms with E-state index in [9.17, 15) is 9.59 Å². The Morgan fingerprint density at radius 1 is 1.03 bits per heavy atom. The Labute approximate surface area is 199 Å². The number of benzene rings is 3. The van der Waals surface area contributed by atoms with Crippen LogP contribution in [0, 0.1) is 13.8 Å². The molecule has 1 aromatic heterocycles. The largest absolute Gasteiger partial charge is 0.495 e. The van der Waals surface area contributed by atoms with Crippen LogP contribution in [0.25, 0.3) is 10.8 Å². The number of aryl methyl sites for hydroxylation is 2. The minimum absolute atomic E-state index is 0.129. The summed E-state index contributed by atoms with van der Waals surface area (Å²) in [7, 11) is 1.54. The highest BCUT2D eigenvalue weighted by Crippen LogP contribution is 2.31. The second kappa shape index (κ2) is 10.0. The third kappa shape index (κ3) is 5.32. The summed E-state index contributed by atoms with van der Waals surface area (Å²) in [5.41, 5.74) is 3.30. The lowest BCUT2D eigenvalue weighted by Gasteiger charge is -2.11. The van der Waals surface area contributed by atoms with Crippen LogP contribution < -0.4 is 15.4 Å². The van der Waals surface area contributed by atoms with Gasteiger partial charge in [0, 0.05) is 11.1 Å². The van der Waals surface area contributed by atoms with Crippen LogP contribution in [0.3, 0.4) is 0 Å². The van der Waals surface area contributed by atoms with E-state index in [0.29, 0.717) is 20.8 Å². The van der Waals surface area contributed by atoms with Crippen molar-refractivity contribution < 1.29 is 14.3 Å². The summed E-state index contributed by atoms with van der Waals surface area (Å²) in [6.07, 6.45) is 0. The van der Waals surface area contributed by atoms with Gasteiger partial charge in [0.05, 0.1) is 18.4 Å². The average molecular weight is 479 g/mol. The lowest BCUT2D eigenvalue weighted by Crippen LogP contribution is -2.14. The van der Waals surface area contributed by atoms with Crippen molar-refractivity contribution in [3.8, 4) is 5.75 Å². The van der Waals surface area contributed by atoms with Gasteiger partial charge in [0.2, 0.25) is 11.0 Å². The Morgan fingerprint density at radius 2 is 1.85 bits per heavy atom. The van der Waals surface area contributed by atoms with Crippen molar-refractivity contribution in [3.63, 3.8) is 0 Å². The van der Waals surface area contributed by atoms with Gasteiger partial charge in [-0.15, -0.1) is 10.2 Å². The molecule has 4 aromatic rings. The van der Waals surface area contributed by atoms with Gasteiger partial charge in [0.25, 0.3) is 5.91 Å². The molecule has 0 aliphatic heterocycles. The van der Waals surface area contributed by atoms with Gasteiger partial charge in [-0.25, -0.2) is 0 Å². The van der Waals surface area contributed by atoms with Crippen LogP contribution in [-0.4, -0.2) is 34.9 Å². The SMILES string of the molecule is COc1c(C(=O)Nc2nnc(SCC(=O)Nc3cc(C)ccc3C)s2)ccc2ccccc12. The van der Waals surface area contributed by atoms with Crippen molar-refractivity contribution in [2.24, 2.45) is 0 Å². The fourth-order valence-corrected chi connectivity index (χ4v) is 4.86. The Hall–Kier alpha value is -3.43. The van der Waals surface area contributed by atoms with Crippen molar-refractivity contribution in [2.75, 3.05) is 23.5 Å². The molecular formula is C24H22N4O3S2. The van der Waals surface area contributed by atoms with Crippen molar-refractivity contribution in [3.05, 3.63) is 71.3 Å². The van der Waals surface area contributed by atoms with Gasteiger partial charge in [-0.05, 0) is 42.5 Å². The lowest BCUT2D eigenvalue weighted by molar-refractivity contribution is -0.113. The highest BCUT2D eigenvalue weighted by Gasteiger charge is 2.17. The summed E-state index contributed by atoms with van der Waals surface area (Å²) in [5.74, 6) is 0.232. The Balaban J connectivity index is 1.39. The number of rotatable bonds is 7. The summed E-state index contributed by atoms with van der Waals surface area (Å²) in [4.78, 5) is 25.2. The van der Waals surface area contributed by atoms with E-state index in [4.69, 9.17) is 4.74 Å². The maximum Gasteiger partial charge on any atom is 0.261 e. The van der Waals surface area contributed by atoms with Crippen LogP contribution in [0.15, 0.2) is 58.9 Å². The van der Waals surface area contributed by atoms with Crippen molar-refractivity contribution in [1.82, 2.24) is 10.2 Å². The molecule has 168 valence electrons. The standard InChI is InChI=1S/C24H22N4O3S2/c1-14-8-9-15(2)19(12-14)25-20(29)13-32-24-28-27-23(33-24)26-22(30)18-11-10-16-6-4-5-7-17(16)21(18)31-3/h4-12H,13H2,1-3H3,(H,25,29)(H,26,27,30). The van der Waals surface area contributed by atoms with Gasteiger partial charge in [-0.1, -0.05) is 65.6 Å². The van der Waals surface area contributed by atoms with Crippen LogP contribution in [0.5, 0.6) is 5.75 Å². The van der Waals surface area contributed by atoms with E-state index in [1.54, 1.807) is 13.2 Å². The highest BCUT2D eigenvalue weighted by atomic mass is 32.2. The molecule has 4 rings (SSSR count). The summed E-state index contributed by atoms with van der Waals surface area (Å²) < 4.78 is 6.10. The first kappa shape index (κ1) is 22.8. The fourth-order valence-electron chi connectivity index (χ4n) is 3.31. The predicted octanol–water partition coefficient (Wildman–Crippen LogP) is 5.30. The average Bonchev–Trinajstić information content (AvgIpc) is 3.26.